The Bertz CT molecular complexity index is 307. The van der Waals surface area contributed by atoms with Crippen LogP contribution in [0.5, 0.6) is 0 Å². The Hall–Kier alpha value is 0.780. The Morgan fingerprint density at radius 1 is 1.47 bits per heavy atom. The molecule has 2 aliphatic rings. The van der Waals surface area contributed by atoms with Crippen molar-refractivity contribution in [2.45, 2.75) is 33.7 Å². The van der Waals surface area contributed by atoms with E-state index in [1.807, 2.05) is 0 Å². The Morgan fingerprint density at radius 2 is 2.13 bits per heavy atom. The molecule has 3 nitrogen and oxygen atoms in total. The highest BCUT2D eigenvalue weighted by Crippen LogP contribution is 2.50. The van der Waals surface area contributed by atoms with E-state index in [0.717, 1.165) is 18.6 Å². The van der Waals surface area contributed by atoms with Crippen LogP contribution in [0.4, 0.5) is 0 Å². The highest BCUT2D eigenvalue weighted by molar-refractivity contribution is 9.10. The average Bonchev–Trinajstić information content (AvgIpc) is 2.46. The lowest BCUT2D eigenvalue weighted by atomic mass is 9.82. The smallest absolute Gasteiger partial charge is 0.290 e. The Morgan fingerprint density at radius 3 is 2.73 bits per heavy atom. The van der Waals surface area contributed by atoms with E-state index in [2.05, 4.69) is 21.1 Å². The van der Waals surface area contributed by atoms with Gasteiger partial charge in [0, 0.05) is 0 Å². The number of fused-ring (bicyclic) bond motifs is 1. The van der Waals surface area contributed by atoms with Crippen LogP contribution in [0.2, 0.25) is 0 Å². The van der Waals surface area contributed by atoms with Crippen LogP contribution in [0.25, 0.3) is 0 Å². The van der Waals surface area contributed by atoms with E-state index in [9.17, 15) is 5.11 Å². The summed E-state index contributed by atoms with van der Waals surface area (Å²) in [4.78, 5) is 5.04. The average molecular weight is 337 g/mol. The molecule has 0 aromatic carbocycles. The van der Waals surface area contributed by atoms with Gasteiger partial charge in [0.25, 0.3) is 9.58 Å². The summed E-state index contributed by atoms with van der Waals surface area (Å²) in [5, 5.41) is 14.0. The van der Waals surface area contributed by atoms with Crippen molar-refractivity contribution in [3.05, 3.63) is 0 Å². The molecule has 0 saturated heterocycles. The Labute approximate surface area is 111 Å². The normalized spacial score (nSPS) is 40.7. The van der Waals surface area contributed by atoms with Crippen molar-refractivity contribution in [1.29, 1.82) is 0 Å². The summed E-state index contributed by atoms with van der Waals surface area (Å²) in [5.41, 5.74) is 0.732. The first-order chi connectivity index (χ1) is 6.86. The number of rotatable bonds is 0. The summed E-state index contributed by atoms with van der Waals surface area (Å²) >= 11 is 20.6. The highest BCUT2D eigenvalue weighted by atomic mass is 79.9. The summed E-state index contributed by atoms with van der Waals surface area (Å²) in [5.74, 6) is -2.18. The maximum Gasteiger partial charge on any atom is 0.290 e. The number of halogens is 4. The van der Waals surface area contributed by atoms with E-state index < -0.39 is 9.58 Å². The number of hydrogen-bond acceptors (Lipinski definition) is 3. The molecule has 0 bridgehead atoms. The predicted molar refractivity (Wildman–Crippen MR) is 63.8 cm³/mol. The zero-order chi connectivity index (χ0) is 11.3. The van der Waals surface area contributed by atoms with Gasteiger partial charge in [0.05, 0.1) is 16.5 Å². The predicted octanol–water partition coefficient (Wildman–Crippen LogP) is 3.00. The minimum absolute atomic E-state index is 0.0950. The van der Waals surface area contributed by atoms with Crippen molar-refractivity contribution in [2.75, 3.05) is 0 Å². The van der Waals surface area contributed by atoms with Crippen molar-refractivity contribution in [3.63, 3.8) is 0 Å². The fourth-order valence-corrected chi connectivity index (χ4v) is 3.19. The Balaban J connectivity index is 2.28. The summed E-state index contributed by atoms with van der Waals surface area (Å²) in [7, 11) is 0. The van der Waals surface area contributed by atoms with E-state index in [0.29, 0.717) is 6.42 Å². The van der Waals surface area contributed by atoms with Gasteiger partial charge in [-0.3, -0.25) is 0 Å². The van der Waals surface area contributed by atoms with Crippen LogP contribution in [-0.4, -0.2) is 25.2 Å². The first kappa shape index (κ1) is 12.2. The van der Waals surface area contributed by atoms with Gasteiger partial charge in [0.15, 0.2) is 0 Å². The molecule has 1 fully saturated rings. The quantitative estimate of drug-likeness (QED) is 0.691. The summed E-state index contributed by atoms with van der Waals surface area (Å²) in [6.45, 7) is 0. The van der Waals surface area contributed by atoms with Crippen molar-refractivity contribution in [1.82, 2.24) is 0 Å². The molecular weight excluding hydrogens is 328 g/mol. The van der Waals surface area contributed by atoms with Gasteiger partial charge >= 0.3 is 0 Å². The molecule has 1 heterocycles. The topological polar surface area (TPSA) is 41.8 Å². The number of oxime groups is 1. The van der Waals surface area contributed by atoms with Gasteiger partial charge in [0.2, 0.25) is 0 Å². The molecule has 0 aromatic rings. The van der Waals surface area contributed by atoms with Gasteiger partial charge in [-0.05, 0) is 12.8 Å². The SMILES string of the molecule is O[C@]1(C(Cl)(Cl)Cl)ON=C2[C@H](Br)CCC[C@@H]21. The second-order valence-electron chi connectivity index (χ2n) is 3.75. The van der Waals surface area contributed by atoms with Crippen molar-refractivity contribution in [2.24, 2.45) is 11.1 Å². The number of nitrogens with zero attached hydrogens (tertiary/aromatic N) is 1. The van der Waals surface area contributed by atoms with Gasteiger partial charge in [-0.1, -0.05) is 62.3 Å². The van der Waals surface area contributed by atoms with Gasteiger partial charge in [0.1, 0.15) is 0 Å². The standard InChI is InChI=1S/C8H9BrCl3NO2/c9-5-3-1-2-4-6(5)13-15-7(4,14)8(10,11)12/h4-5,14H,1-3H2/t4-,5+,7-/m0/s1. The number of alkyl halides is 4. The van der Waals surface area contributed by atoms with E-state index in [4.69, 9.17) is 39.6 Å². The third-order valence-corrected chi connectivity index (χ3v) is 4.54. The third-order valence-electron chi connectivity index (χ3n) is 2.80. The van der Waals surface area contributed by atoms with Gasteiger partial charge in [-0.2, -0.15) is 0 Å². The third kappa shape index (κ3) is 1.89. The number of aliphatic hydroxyl groups is 1. The highest BCUT2D eigenvalue weighted by Gasteiger charge is 2.62. The molecule has 0 aromatic heterocycles. The minimum atomic E-state index is -1.90. The van der Waals surface area contributed by atoms with E-state index in [-0.39, 0.29) is 10.7 Å². The molecule has 0 spiro atoms. The second kappa shape index (κ2) is 3.91. The van der Waals surface area contributed by atoms with Crippen LogP contribution in [-0.2, 0) is 4.84 Å². The molecule has 0 radical (unpaired) electrons. The van der Waals surface area contributed by atoms with Crippen LogP contribution in [0.3, 0.4) is 0 Å². The van der Waals surface area contributed by atoms with Gasteiger partial charge in [-0.25, -0.2) is 0 Å². The van der Waals surface area contributed by atoms with E-state index >= 15 is 0 Å². The zero-order valence-electron chi connectivity index (χ0n) is 7.59. The molecule has 86 valence electrons. The van der Waals surface area contributed by atoms with Crippen LogP contribution in [0.1, 0.15) is 19.3 Å². The molecule has 0 amide bonds. The summed E-state index contributed by atoms with van der Waals surface area (Å²) < 4.78 is -1.90. The van der Waals surface area contributed by atoms with Crippen molar-refractivity contribution >= 4 is 56.4 Å². The molecule has 2 rings (SSSR count). The first-order valence-corrected chi connectivity index (χ1v) is 6.60. The van der Waals surface area contributed by atoms with Crippen LogP contribution < -0.4 is 0 Å². The second-order valence-corrected chi connectivity index (χ2v) is 7.14. The molecule has 1 N–H and O–H groups in total. The molecule has 1 aliphatic carbocycles. The lowest BCUT2D eigenvalue weighted by Crippen LogP contribution is -2.52. The zero-order valence-corrected chi connectivity index (χ0v) is 11.4. The first-order valence-electron chi connectivity index (χ1n) is 4.55. The van der Waals surface area contributed by atoms with E-state index in [1.165, 1.54) is 0 Å². The summed E-state index contributed by atoms with van der Waals surface area (Å²) in [6.07, 6.45) is 2.60. The summed E-state index contributed by atoms with van der Waals surface area (Å²) in [6, 6.07) is 0. The van der Waals surface area contributed by atoms with Crippen LogP contribution in [0.15, 0.2) is 5.16 Å². The van der Waals surface area contributed by atoms with Crippen LogP contribution >= 0.6 is 50.7 Å². The maximum atomic E-state index is 10.2. The van der Waals surface area contributed by atoms with E-state index in [1.54, 1.807) is 0 Å². The van der Waals surface area contributed by atoms with Gasteiger partial charge < -0.3 is 9.94 Å². The van der Waals surface area contributed by atoms with Gasteiger partial charge in [-0.15, -0.1) is 0 Å². The lowest BCUT2D eigenvalue weighted by Gasteiger charge is -2.35. The minimum Gasteiger partial charge on any atom is -0.355 e. The number of hydrogen-bond donors (Lipinski definition) is 1. The molecule has 0 unspecified atom stereocenters. The monoisotopic (exact) mass is 335 g/mol. The van der Waals surface area contributed by atoms with Crippen molar-refractivity contribution < 1.29 is 9.94 Å². The molecule has 1 saturated carbocycles. The lowest BCUT2D eigenvalue weighted by molar-refractivity contribution is -0.206. The fourth-order valence-electron chi connectivity index (χ4n) is 1.97. The fraction of sp³-hybridized carbons (Fsp3) is 0.875. The maximum absolute atomic E-state index is 10.2. The molecule has 3 atom stereocenters. The van der Waals surface area contributed by atoms with Crippen molar-refractivity contribution in [3.8, 4) is 0 Å². The molecule has 15 heavy (non-hydrogen) atoms. The Kier molecular flexibility index (Phi) is 3.19. The van der Waals surface area contributed by atoms with Crippen LogP contribution in [0, 0.1) is 5.92 Å². The molecular formula is C8H9BrCl3NO2. The molecule has 7 heteroatoms. The largest absolute Gasteiger partial charge is 0.355 e. The molecule has 1 aliphatic heterocycles.